The Bertz CT molecular complexity index is 226. The van der Waals surface area contributed by atoms with Crippen molar-refractivity contribution in [1.29, 1.82) is 0 Å². The summed E-state index contributed by atoms with van der Waals surface area (Å²) in [6, 6.07) is 4.00. The van der Waals surface area contributed by atoms with Gasteiger partial charge in [-0.05, 0) is 32.9 Å². The fourth-order valence-corrected chi connectivity index (χ4v) is 1.11. The van der Waals surface area contributed by atoms with Crippen molar-refractivity contribution in [2.75, 3.05) is 18.0 Å². The molecule has 1 rings (SSSR count). The largest absolute Gasteiger partial charge is 0.356 e. The van der Waals surface area contributed by atoms with Crippen LogP contribution in [0.25, 0.3) is 0 Å². The number of aromatic nitrogens is 2. The molecule has 0 saturated heterocycles. The van der Waals surface area contributed by atoms with Gasteiger partial charge in [0.2, 0.25) is 0 Å². The SMILES string of the molecule is CCN(CC)c1ccc(C)nn1. The van der Waals surface area contributed by atoms with Crippen molar-refractivity contribution in [1.82, 2.24) is 10.2 Å². The van der Waals surface area contributed by atoms with Gasteiger partial charge < -0.3 is 4.90 Å². The third kappa shape index (κ3) is 1.94. The quantitative estimate of drug-likeness (QED) is 0.681. The number of nitrogens with zero attached hydrogens (tertiary/aromatic N) is 3. The monoisotopic (exact) mass is 165 g/mol. The smallest absolute Gasteiger partial charge is 0.151 e. The molecule has 0 N–H and O–H groups in total. The molecule has 1 aromatic rings. The van der Waals surface area contributed by atoms with E-state index in [0.717, 1.165) is 24.6 Å². The lowest BCUT2D eigenvalue weighted by molar-refractivity contribution is 0.818. The average molecular weight is 165 g/mol. The van der Waals surface area contributed by atoms with Crippen LogP contribution in [0.15, 0.2) is 12.1 Å². The van der Waals surface area contributed by atoms with E-state index in [9.17, 15) is 0 Å². The van der Waals surface area contributed by atoms with Gasteiger partial charge in [-0.15, -0.1) is 5.10 Å². The first-order chi connectivity index (χ1) is 5.77. The number of hydrogen-bond donors (Lipinski definition) is 0. The average Bonchev–Trinajstić information content (AvgIpc) is 2.10. The van der Waals surface area contributed by atoms with Crippen LogP contribution in [-0.4, -0.2) is 23.3 Å². The van der Waals surface area contributed by atoms with Crippen LogP contribution in [0.3, 0.4) is 0 Å². The third-order valence-electron chi connectivity index (χ3n) is 1.87. The summed E-state index contributed by atoms with van der Waals surface area (Å²) in [5.74, 6) is 0.964. The zero-order valence-electron chi connectivity index (χ0n) is 7.91. The summed E-state index contributed by atoms with van der Waals surface area (Å²) in [7, 11) is 0. The number of aryl methyl sites for hydroxylation is 1. The van der Waals surface area contributed by atoms with Gasteiger partial charge in [0.15, 0.2) is 5.82 Å². The van der Waals surface area contributed by atoms with Gasteiger partial charge in [-0.1, -0.05) is 0 Å². The lowest BCUT2D eigenvalue weighted by Gasteiger charge is -2.18. The van der Waals surface area contributed by atoms with Crippen molar-refractivity contribution in [3.05, 3.63) is 17.8 Å². The van der Waals surface area contributed by atoms with Gasteiger partial charge in [0.1, 0.15) is 0 Å². The minimum absolute atomic E-state index is 0.964. The maximum absolute atomic E-state index is 4.10. The van der Waals surface area contributed by atoms with Gasteiger partial charge in [0.05, 0.1) is 5.69 Å². The molecule has 66 valence electrons. The van der Waals surface area contributed by atoms with E-state index >= 15 is 0 Å². The molecule has 0 aliphatic carbocycles. The van der Waals surface area contributed by atoms with Crippen LogP contribution in [-0.2, 0) is 0 Å². The van der Waals surface area contributed by atoms with Gasteiger partial charge in [0.25, 0.3) is 0 Å². The van der Waals surface area contributed by atoms with Crippen molar-refractivity contribution in [3.8, 4) is 0 Å². The lowest BCUT2D eigenvalue weighted by atomic mass is 10.4. The molecule has 12 heavy (non-hydrogen) atoms. The molecule has 0 aliphatic rings. The molecule has 1 heterocycles. The molecular formula is C9H15N3. The molecular weight excluding hydrogens is 150 g/mol. The van der Waals surface area contributed by atoms with Gasteiger partial charge in [0, 0.05) is 13.1 Å². The second kappa shape index (κ2) is 4.04. The normalized spacial score (nSPS) is 9.92. The Hall–Kier alpha value is -1.12. The Morgan fingerprint density at radius 1 is 1.17 bits per heavy atom. The zero-order valence-corrected chi connectivity index (χ0v) is 7.91. The molecule has 0 bridgehead atoms. The zero-order chi connectivity index (χ0) is 8.97. The molecule has 0 aliphatic heterocycles. The van der Waals surface area contributed by atoms with E-state index in [4.69, 9.17) is 0 Å². The molecule has 0 amide bonds. The summed E-state index contributed by atoms with van der Waals surface area (Å²) in [5, 5.41) is 8.10. The molecule has 0 saturated carbocycles. The summed E-state index contributed by atoms with van der Waals surface area (Å²) in [4.78, 5) is 2.17. The molecule has 3 heteroatoms. The number of rotatable bonds is 3. The van der Waals surface area contributed by atoms with Gasteiger partial charge in [-0.25, -0.2) is 0 Å². The highest BCUT2D eigenvalue weighted by molar-refractivity contribution is 5.36. The van der Waals surface area contributed by atoms with E-state index in [1.165, 1.54) is 0 Å². The Morgan fingerprint density at radius 3 is 2.25 bits per heavy atom. The first-order valence-corrected chi connectivity index (χ1v) is 4.33. The van der Waals surface area contributed by atoms with E-state index in [1.54, 1.807) is 0 Å². The highest BCUT2D eigenvalue weighted by Gasteiger charge is 2.01. The van der Waals surface area contributed by atoms with Crippen LogP contribution in [0.5, 0.6) is 0 Å². The fraction of sp³-hybridized carbons (Fsp3) is 0.556. The van der Waals surface area contributed by atoms with Crippen molar-refractivity contribution < 1.29 is 0 Å². The van der Waals surface area contributed by atoms with Crippen LogP contribution in [0, 0.1) is 6.92 Å². The highest BCUT2D eigenvalue weighted by Crippen LogP contribution is 2.07. The van der Waals surface area contributed by atoms with Gasteiger partial charge in [-0.3, -0.25) is 0 Å². The Kier molecular flexibility index (Phi) is 3.02. The predicted molar refractivity (Wildman–Crippen MR) is 50.3 cm³/mol. The van der Waals surface area contributed by atoms with Crippen molar-refractivity contribution >= 4 is 5.82 Å². The Labute approximate surface area is 73.4 Å². The summed E-state index contributed by atoms with van der Waals surface area (Å²) in [5.41, 5.74) is 0.964. The first-order valence-electron chi connectivity index (χ1n) is 4.33. The van der Waals surface area contributed by atoms with Crippen LogP contribution in [0.4, 0.5) is 5.82 Å². The van der Waals surface area contributed by atoms with Gasteiger partial charge in [-0.2, -0.15) is 5.10 Å². The van der Waals surface area contributed by atoms with E-state index in [1.807, 2.05) is 19.1 Å². The predicted octanol–water partition coefficient (Wildman–Crippen LogP) is 1.63. The van der Waals surface area contributed by atoms with Crippen LogP contribution in [0.2, 0.25) is 0 Å². The van der Waals surface area contributed by atoms with E-state index in [-0.39, 0.29) is 0 Å². The molecule has 0 fully saturated rings. The third-order valence-corrected chi connectivity index (χ3v) is 1.87. The van der Waals surface area contributed by atoms with Crippen molar-refractivity contribution in [3.63, 3.8) is 0 Å². The molecule has 1 aromatic heterocycles. The first kappa shape index (κ1) is 8.97. The maximum atomic E-state index is 4.10. The molecule has 0 unspecified atom stereocenters. The molecule has 0 atom stereocenters. The Morgan fingerprint density at radius 2 is 1.83 bits per heavy atom. The van der Waals surface area contributed by atoms with E-state index in [0.29, 0.717) is 0 Å². The van der Waals surface area contributed by atoms with Crippen molar-refractivity contribution in [2.45, 2.75) is 20.8 Å². The molecule has 0 radical (unpaired) electrons. The fourth-order valence-electron chi connectivity index (χ4n) is 1.11. The van der Waals surface area contributed by atoms with Crippen LogP contribution in [0.1, 0.15) is 19.5 Å². The van der Waals surface area contributed by atoms with Crippen LogP contribution < -0.4 is 4.90 Å². The topological polar surface area (TPSA) is 29.0 Å². The summed E-state index contributed by atoms with van der Waals surface area (Å²) in [6.07, 6.45) is 0. The minimum atomic E-state index is 0.964. The molecule has 0 spiro atoms. The van der Waals surface area contributed by atoms with Crippen molar-refractivity contribution in [2.24, 2.45) is 0 Å². The highest BCUT2D eigenvalue weighted by atomic mass is 15.3. The second-order valence-electron chi connectivity index (χ2n) is 2.71. The number of hydrogen-bond acceptors (Lipinski definition) is 3. The van der Waals surface area contributed by atoms with Crippen LogP contribution >= 0.6 is 0 Å². The number of anilines is 1. The lowest BCUT2D eigenvalue weighted by Crippen LogP contribution is -2.23. The molecule has 0 aromatic carbocycles. The molecule has 3 nitrogen and oxygen atoms in total. The second-order valence-corrected chi connectivity index (χ2v) is 2.71. The summed E-state index contributed by atoms with van der Waals surface area (Å²) in [6.45, 7) is 8.14. The standard InChI is InChI=1S/C9H15N3/c1-4-12(5-2)9-7-6-8(3)10-11-9/h6-7H,4-5H2,1-3H3. The Balaban J connectivity index is 2.80. The summed E-state index contributed by atoms with van der Waals surface area (Å²) < 4.78 is 0. The van der Waals surface area contributed by atoms with Gasteiger partial charge >= 0.3 is 0 Å². The van der Waals surface area contributed by atoms with E-state index < -0.39 is 0 Å². The van der Waals surface area contributed by atoms with E-state index in [2.05, 4.69) is 28.9 Å². The maximum Gasteiger partial charge on any atom is 0.151 e. The summed E-state index contributed by atoms with van der Waals surface area (Å²) >= 11 is 0. The minimum Gasteiger partial charge on any atom is -0.356 e.